The Balaban J connectivity index is 1.67. The first-order valence-corrected chi connectivity index (χ1v) is 12.4. The number of alkyl halides is 3. The van der Waals surface area contributed by atoms with Crippen LogP contribution in [0.2, 0.25) is 5.02 Å². The molecule has 11 heteroatoms. The van der Waals surface area contributed by atoms with E-state index >= 15 is 0 Å². The van der Waals surface area contributed by atoms with Gasteiger partial charge in [-0.05, 0) is 50.2 Å². The highest BCUT2D eigenvalue weighted by Crippen LogP contribution is 2.31. The summed E-state index contributed by atoms with van der Waals surface area (Å²) in [4.78, 5) is 24.6. The second-order valence-electron chi connectivity index (χ2n) is 7.75. The van der Waals surface area contributed by atoms with Gasteiger partial charge in [-0.3, -0.25) is 9.59 Å². The molecule has 186 valence electrons. The van der Waals surface area contributed by atoms with Gasteiger partial charge in [-0.2, -0.15) is 13.2 Å². The van der Waals surface area contributed by atoms with E-state index < -0.39 is 52.1 Å². The molecule has 0 aliphatic heterocycles. The van der Waals surface area contributed by atoms with Crippen molar-refractivity contribution in [1.82, 2.24) is 4.57 Å². The van der Waals surface area contributed by atoms with Crippen molar-refractivity contribution < 1.29 is 35.9 Å². The van der Waals surface area contributed by atoms with E-state index in [0.717, 1.165) is 12.1 Å². The second kappa shape index (κ2) is 10.2. The summed E-state index contributed by atoms with van der Waals surface area (Å²) in [5, 5.41) is 0.0344. The third-order valence-corrected chi connectivity index (χ3v) is 7.48. The zero-order chi connectivity index (χ0) is 26.0. The van der Waals surface area contributed by atoms with Gasteiger partial charge in [0.1, 0.15) is 0 Å². The molecule has 1 heterocycles. The minimum atomic E-state index is -4.52. The van der Waals surface area contributed by atoms with E-state index in [-0.39, 0.29) is 21.2 Å². The number of carbonyl (C=O) groups is 2. The summed E-state index contributed by atoms with van der Waals surface area (Å²) in [7, 11) is -3.83. The van der Waals surface area contributed by atoms with Crippen molar-refractivity contribution >= 4 is 33.2 Å². The summed E-state index contributed by atoms with van der Waals surface area (Å²) in [6, 6.07) is 12.0. The summed E-state index contributed by atoms with van der Waals surface area (Å²) < 4.78 is 70.5. The molecule has 0 aliphatic rings. The van der Waals surface area contributed by atoms with Gasteiger partial charge in [0, 0.05) is 22.6 Å². The number of aromatic nitrogens is 1. The number of hydrogen-bond donors (Lipinski definition) is 0. The maximum Gasteiger partial charge on any atom is 0.416 e. The zero-order valence-electron chi connectivity index (χ0n) is 18.7. The Morgan fingerprint density at radius 1 is 1.03 bits per heavy atom. The van der Waals surface area contributed by atoms with Gasteiger partial charge in [-0.1, -0.05) is 29.8 Å². The summed E-state index contributed by atoms with van der Waals surface area (Å²) in [5.74, 6) is -2.01. The largest absolute Gasteiger partial charge is 0.457 e. The third kappa shape index (κ3) is 6.12. The van der Waals surface area contributed by atoms with Crippen molar-refractivity contribution in [1.29, 1.82) is 0 Å². The van der Waals surface area contributed by atoms with Crippen molar-refractivity contribution in [3.8, 4) is 5.69 Å². The van der Waals surface area contributed by atoms with Gasteiger partial charge < -0.3 is 9.30 Å². The molecule has 2 aromatic carbocycles. The van der Waals surface area contributed by atoms with E-state index in [4.69, 9.17) is 16.3 Å². The Morgan fingerprint density at radius 2 is 1.71 bits per heavy atom. The highest BCUT2D eigenvalue weighted by Gasteiger charge is 2.31. The van der Waals surface area contributed by atoms with Crippen LogP contribution in [-0.2, 0) is 25.5 Å². The van der Waals surface area contributed by atoms with Gasteiger partial charge >= 0.3 is 12.1 Å². The van der Waals surface area contributed by atoms with Crippen molar-refractivity contribution in [2.75, 3.05) is 12.4 Å². The van der Waals surface area contributed by atoms with Gasteiger partial charge in [0.2, 0.25) is 5.78 Å². The first-order valence-electron chi connectivity index (χ1n) is 10.3. The molecule has 0 spiro atoms. The molecule has 0 bridgehead atoms. The fourth-order valence-corrected chi connectivity index (χ4v) is 5.38. The van der Waals surface area contributed by atoms with Gasteiger partial charge in [0.25, 0.3) is 0 Å². The van der Waals surface area contributed by atoms with Crippen LogP contribution < -0.4 is 0 Å². The van der Waals surface area contributed by atoms with Crippen LogP contribution in [0.15, 0.2) is 59.5 Å². The lowest BCUT2D eigenvalue weighted by Crippen LogP contribution is -2.18. The van der Waals surface area contributed by atoms with E-state index in [9.17, 15) is 31.2 Å². The second-order valence-corrected chi connectivity index (χ2v) is 10.2. The first kappa shape index (κ1) is 26.5. The number of sulfone groups is 1. The van der Waals surface area contributed by atoms with Crippen LogP contribution in [0.5, 0.6) is 0 Å². The minimum Gasteiger partial charge on any atom is -0.457 e. The Hall–Kier alpha value is -3.11. The number of ketones is 1. The number of aryl methyl sites for hydroxylation is 1. The number of esters is 1. The lowest BCUT2D eigenvalue weighted by atomic mass is 10.1. The normalized spacial score (nSPS) is 11.9. The first-order chi connectivity index (χ1) is 16.3. The van der Waals surface area contributed by atoms with Crippen LogP contribution in [0.25, 0.3) is 5.69 Å². The summed E-state index contributed by atoms with van der Waals surface area (Å²) in [6.45, 7) is 2.56. The number of hydrogen-bond acceptors (Lipinski definition) is 5. The maximum atomic E-state index is 13.1. The molecule has 1 aromatic heterocycles. The number of carbonyl (C=O) groups excluding carboxylic acids is 2. The summed E-state index contributed by atoms with van der Waals surface area (Å²) >= 11 is 5.90. The Kier molecular flexibility index (Phi) is 7.76. The number of ether oxygens (including phenoxy) is 1. The molecule has 0 saturated carbocycles. The van der Waals surface area contributed by atoms with Crippen LogP contribution in [0, 0.1) is 13.8 Å². The average molecular weight is 528 g/mol. The van der Waals surface area contributed by atoms with Crippen LogP contribution in [0.3, 0.4) is 0 Å². The molecule has 0 radical (unpaired) electrons. The highest BCUT2D eigenvalue weighted by atomic mass is 35.5. The molecule has 0 atom stereocenters. The Bertz CT molecular complexity index is 1380. The molecule has 0 saturated heterocycles. The van der Waals surface area contributed by atoms with Crippen molar-refractivity contribution in [3.05, 3.63) is 82.1 Å². The van der Waals surface area contributed by atoms with E-state index in [1.165, 1.54) is 41.0 Å². The van der Waals surface area contributed by atoms with Crippen LogP contribution in [0.4, 0.5) is 13.2 Å². The van der Waals surface area contributed by atoms with Crippen LogP contribution in [-0.4, -0.2) is 37.1 Å². The fraction of sp³-hybridized carbons (Fsp3) is 0.250. The molecule has 0 amide bonds. The number of halogens is 4. The fourth-order valence-electron chi connectivity index (χ4n) is 3.58. The molecule has 0 unspecified atom stereocenters. The average Bonchev–Trinajstić information content (AvgIpc) is 3.09. The monoisotopic (exact) mass is 527 g/mol. The minimum absolute atomic E-state index is 0.0344. The van der Waals surface area contributed by atoms with Crippen molar-refractivity contribution in [3.63, 3.8) is 0 Å². The van der Waals surface area contributed by atoms with E-state index in [0.29, 0.717) is 11.4 Å². The van der Waals surface area contributed by atoms with Crippen molar-refractivity contribution in [2.24, 2.45) is 0 Å². The predicted molar refractivity (Wildman–Crippen MR) is 124 cm³/mol. The maximum absolute atomic E-state index is 13.1. The van der Waals surface area contributed by atoms with E-state index in [2.05, 4.69) is 0 Å². The molecule has 35 heavy (non-hydrogen) atoms. The quantitative estimate of drug-likeness (QED) is 0.291. The molecule has 0 N–H and O–H groups in total. The number of rotatable bonds is 8. The molecule has 0 fully saturated rings. The van der Waals surface area contributed by atoms with E-state index in [1.807, 2.05) is 0 Å². The van der Waals surface area contributed by atoms with Gasteiger partial charge in [0.15, 0.2) is 16.4 Å². The number of Topliss-reactive ketones (excluding diaryl/α,β-unsaturated/α-hetero) is 1. The highest BCUT2D eigenvalue weighted by molar-refractivity contribution is 7.91. The Labute approximate surface area is 205 Å². The Morgan fingerprint density at radius 3 is 2.37 bits per heavy atom. The summed E-state index contributed by atoms with van der Waals surface area (Å²) in [5.41, 5.74) is 0.481. The third-order valence-electron chi connectivity index (χ3n) is 5.27. The van der Waals surface area contributed by atoms with Gasteiger partial charge in [0.05, 0.1) is 27.7 Å². The zero-order valence-corrected chi connectivity index (χ0v) is 20.3. The number of benzene rings is 2. The number of nitrogens with zero attached hydrogens (tertiary/aromatic N) is 1. The van der Waals surface area contributed by atoms with E-state index in [1.54, 1.807) is 19.9 Å². The standard InChI is InChI=1S/C24H21ClF3NO5S/c1-15-12-19(16(2)29(15)18-7-5-6-17(13-18)24(26,27)28)21(30)14-34-23(31)10-11-35(32,33)22-9-4-3-8-20(22)25/h3-9,12-13H,10-11,14H2,1-2H3. The van der Waals surface area contributed by atoms with Gasteiger partial charge in [-0.25, -0.2) is 8.42 Å². The topological polar surface area (TPSA) is 82.4 Å². The molecule has 6 nitrogen and oxygen atoms in total. The summed E-state index contributed by atoms with van der Waals surface area (Å²) in [6.07, 6.45) is -5.00. The molecule has 3 aromatic rings. The predicted octanol–water partition coefficient (Wildman–Crippen LogP) is 5.36. The molecular formula is C24H21ClF3NO5S. The van der Waals surface area contributed by atoms with Crippen LogP contribution in [0.1, 0.15) is 33.7 Å². The van der Waals surface area contributed by atoms with Crippen LogP contribution >= 0.6 is 11.6 Å². The lowest BCUT2D eigenvalue weighted by Gasteiger charge is -2.13. The smallest absolute Gasteiger partial charge is 0.416 e. The SMILES string of the molecule is Cc1cc(C(=O)COC(=O)CCS(=O)(=O)c2ccccc2Cl)c(C)n1-c1cccc(C(F)(F)F)c1. The molecular weight excluding hydrogens is 507 g/mol. The molecule has 0 aliphatic carbocycles. The van der Waals surface area contributed by atoms with Gasteiger partial charge in [-0.15, -0.1) is 0 Å². The van der Waals surface area contributed by atoms with Crippen molar-refractivity contribution in [2.45, 2.75) is 31.3 Å². The lowest BCUT2D eigenvalue weighted by molar-refractivity contribution is -0.142. The molecule has 3 rings (SSSR count).